The Morgan fingerprint density at radius 2 is 1.00 bits per heavy atom. The van der Waals surface area contributed by atoms with Gasteiger partial charge in [-0.3, -0.25) is 0 Å². The predicted octanol–water partition coefficient (Wildman–Crippen LogP) is 4.21. The predicted molar refractivity (Wildman–Crippen MR) is 88.8 cm³/mol. The molecule has 0 radical (unpaired) electrons. The van der Waals surface area contributed by atoms with Crippen LogP contribution in [0.1, 0.15) is 46.5 Å². The standard InChI is InChI=1S/C25H26/c1-17-8-4-5-9-15-11-7-13-16-12-6-10-14(8)22(17)20(10,12)24(16)21(11,13)23(15)18(9,2)19(17,3)25(22,23)24/h8-16H,4-7H2,1-3H3. The Balaban J connectivity index is 1.33. The van der Waals surface area contributed by atoms with Gasteiger partial charge in [-0.25, -0.2) is 0 Å². The summed E-state index contributed by atoms with van der Waals surface area (Å²) < 4.78 is 0. The van der Waals surface area contributed by atoms with E-state index in [9.17, 15) is 0 Å². The van der Waals surface area contributed by atoms with E-state index in [0.717, 1.165) is 48.7 Å². The molecular weight excluding hydrogens is 300 g/mol. The minimum atomic E-state index is 0.803. The van der Waals surface area contributed by atoms with E-state index in [1.54, 1.807) is 25.7 Å². The molecule has 14 unspecified atom stereocenters. The minimum Gasteiger partial charge on any atom is -0.0582 e. The lowest BCUT2D eigenvalue weighted by molar-refractivity contribution is -0.959. The lowest BCUT2D eigenvalue weighted by Gasteiger charge is -3.41. The minimum absolute atomic E-state index is 0.803. The average Bonchev–Trinajstić information content (AvgIpc) is 2.59. The maximum absolute atomic E-state index is 2.94. The van der Waals surface area contributed by atoms with Crippen LogP contribution in [0.3, 0.4) is 0 Å². The first-order valence-corrected chi connectivity index (χ1v) is 12.0. The first-order chi connectivity index (χ1) is 12.0. The van der Waals surface area contributed by atoms with Gasteiger partial charge in [0.2, 0.25) is 0 Å². The van der Waals surface area contributed by atoms with Gasteiger partial charge in [0.05, 0.1) is 0 Å². The molecular formula is C25H26. The molecule has 25 heavy (non-hydrogen) atoms. The third kappa shape index (κ3) is 0.293. The molecule has 0 bridgehead atoms. The van der Waals surface area contributed by atoms with Crippen molar-refractivity contribution in [1.82, 2.24) is 0 Å². The van der Waals surface area contributed by atoms with Gasteiger partial charge >= 0.3 is 0 Å². The van der Waals surface area contributed by atoms with Crippen molar-refractivity contribution >= 4 is 0 Å². The highest BCUT2D eigenvalue weighted by molar-refractivity contribution is 5.85. The summed E-state index contributed by atoms with van der Waals surface area (Å²) in [4.78, 5) is 0. The Hall–Kier alpha value is 0. The van der Waals surface area contributed by atoms with Crippen molar-refractivity contribution in [3.63, 3.8) is 0 Å². The zero-order valence-corrected chi connectivity index (χ0v) is 15.5. The van der Waals surface area contributed by atoms with Crippen LogP contribution in [0.25, 0.3) is 0 Å². The van der Waals surface area contributed by atoms with Gasteiger partial charge in [0.25, 0.3) is 0 Å². The second-order valence-electron chi connectivity index (χ2n) is 14.7. The molecule has 0 amide bonds. The van der Waals surface area contributed by atoms with E-state index >= 15 is 0 Å². The Morgan fingerprint density at radius 1 is 0.560 bits per heavy atom. The molecule has 14 atom stereocenters. The molecule has 0 heterocycles. The van der Waals surface area contributed by atoms with E-state index in [4.69, 9.17) is 0 Å². The van der Waals surface area contributed by atoms with E-state index in [2.05, 4.69) is 20.8 Å². The molecule has 13 rings (SSSR count). The molecule has 0 nitrogen and oxygen atoms in total. The summed E-state index contributed by atoms with van der Waals surface area (Å²) in [5, 5.41) is 0. The summed E-state index contributed by atoms with van der Waals surface area (Å²) in [5.74, 6) is 11.3. The quantitative estimate of drug-likeness (QED) is 0.626. The molecule has 6 spiro atoms. The van der Waals surface area contributed by atoms with Gasteiger partial charge in [-0.1, -0.05) is 20.8 Å². The lowest BCUT2D eigenvalue weighted by atomic mass is 8.62. The first-order valence-electron chi connectivity index (χ1n) is 12.0. The zero-order chi connectivity index (χ0) is 15.5. The molecule has 0 aliphatic heterocycles. The Labute approximate surface area is 148 Å². The molecule has 0 N–H and O–H groups in total. The SMILES string of the molecule is CC12C3CCC4C5C6CC7C8C9CC%10C3C13C%109C81C67C56C4(C)C2(C)C361. The molecule has 0 aromatic carbocycles. The van der Waals surface area contributed by atoms with Crippen LogP contribution in [-0.2, 0) is 0 Å². The molecule has 126 valence electrons. The van der Waals surface area contributed by atoms with Crippen molar-refractivity contribution < 1.29 is 0 Å². The van der Waals surface area contributed by atoms with Crippen molar-refractivity contribution in [2.75, 3.05) is 0 Å². The summed E-state index contributed by atoms with van der Waals surface area (Å²) >= 11 is 0. The smallest absolute Gasteiger partial charge is 0.00207 e. The lowest BCUT2D eigenvalue weighted by Crippen LogP contribution is -3.39. The molecule has 0 saturated heterocycles. The van der Waals surface area contributed by atoms with Gasteiger partial charge in [-0.2, -0.15) is 0 Å². The van der Waals surface area contributed by atoms with Crippen molar-refractivity contribution in [3.8, 4) is 0 Å². The maximum atomic E-state index is 2.94. The normalized spacial score (nSPS) is 112. The highest BCUT2D eigenvalue weighted by Crippen LogP contribution is 3.42. The average molecular weight is 326 g/mol. The third-order valence-electron chi connectivity index (χ3n) is 18.6. The number of hydrogen-bond donors (Lipinski definition) is 0. The molecule has 0 aromatic heterocycles. The molecule has 13 aliphatic carbocycles. The Bertz CT molecular complexity index is 1010. The molecule has 0 heteroatoms. The van der Waals surface area contributed by atoms with Gasteiger partial charge in [-0.15, -0.1) is 0 Å². The van der Waals surface area contributed by atoms with E-state index in [0.29, 0.717) is 0 Å². The van der Waals surface area contributed by atoms with Gasteiger partial charge in [0, 0.05) is 0 Å². The summed E-state index contributed by atoms with van der Waals surface area (Å²) in [6.07, 6.45) is 6.79. The van der Waals surface area contributed by atoms with Gasteiger partial charge in [-0.05, 0) is 128 Å². The number of fused-ring (bicyclic) bond motifs is 6. The summed E-state index contributed by atoms with van der Waals surface area (Å²) in [6.45, 7) is 8.75. The van der Waals surface area contributed by atoms with Gasteiger partial charge in [0.15, 0.2) is 0 Å². The fourth-order valence-corrected chi connectivity index (χ4v) is 21.4. The molecule has 13 saturated carbocycles. The number of rotatable bonds is 0. The topological polar surface area (TPSA) is 0 Å². The fraction of sp³-hybridized carbons (Fsp3) is 1.00. The summed E-state index contributed by atoms with van der Waals surface area (Å²) in [5.41, 5.74) is 8.41. The zero-order valence-electron chi connectivity index (χ0n) is 15.5. The molecule has 0 aromatic rings. The third-order valence-corrected chi connectivity index (χ3v) is 18.6. The van der Waals surface area contributed by atoms with Gasteiger partial charge < -0.3 is 0 Å². The highest BCUT2D eigenvalue weighted by atomic mass is 15.4. The van der Waals surface area contributed by atoms with Crippen LogP contribution in [0.2, 0.25) is 0 Å². The van der Waals surface area contributed by atoms with E-state index in [1.807, 2.05) is 0 Å². The number of hydrogen-bond acceptors (Lipinski definition) is 0. The van der Waals surface area contributed by atoms with E-state index < -0.39 is 0 Å². The van der Waals surface area contributed by atoms with Crippen LogP contribution in [0.15, 0.2) is 0 Å². The summed E-state index contributed by atoms with van der Waals surface area (Å²) in [6, 6.07) is 0. The van der Waals surface area contributed by atoms with Crippen LogP contribution < -0.4 is 0 Å². The second-order valence-corrected chi connectivity index (χ2v) is 14.7. The Kier molecular flexibility index (Phi) is 0.739. The maximum Gasteiger partial charge on any atom is -0.00207 e. The molecule has 13 fully saturated rings. The molecule has 13 aliphatic rings. The first kappa shape index (κ1) is 10.5. The van der Waals surface area contributed by atoms with Crippen molar-refractivity contribution in [2.45, 2.75) is 46.5 Å². The van der Waals surface area contributed by atoms with Crippen molar-refractivity contribution in [3.05, 3.63) is 0 Å². The van der Waals surface area contributed by atoms with Crippen LogP contribution in [0.5, 0.6) is 0 Å². The largest absolute Gasteiger partial charge is 0.0582 e. The fourth-order valence-electron chi connectivity index (χ4n) is 21.4. The van der Waals surface area contributed by atoms with Crippen LogP contribution in [0.4, 0.5) is 0 Å². The summed E-state index contributed by atoms with van der Waals surface area (Å²) in [7, 11) is 0. The van der Waals surface area contributed by atoms with Crippen molar-refractivity contribution in [1.29, 1.82) is 0 Å². The Morgan fingerprint density at radius 3 is 1.48 bits per heavy atom. The van der Waals surface area contributed by atoms with Crippen LogP contribution in [-0.4, -0.2) is 0 Å². The monoisotopic (exact) mass is 326 g/mol. The van der Waals surface area contributed by atoms with E-state index in [1.165, 1.54) is 53.3 Å². The van der Waals surface area contributed by atoms with Crippen molar-refractivity contribution in [2.24, 2.45) is 102 Å². The second kappa shape index (κ2) is 1.76. The van der Waals surface area contributed by atoms with E-state index in [-0.39, 0.29) is 0 Å². The van der Waals surface area contributed by atoms with Crippen LogP contribution in [0, 0.1) is 102 Å². The van der Waals surface area contributed by atoms with Gasteiger partial charge in [0.1, 0.15) is 0 Å². The highest BCUT2D eigenvalue weighted by Gasteiger charge is 3.40. The van der Waals surface area contributed by atoms with Crippen LogP contribution >= 0.6 is 0 Å².